The molecule has 4 rings (SSSR count). The van der Waals surface area contributed by atoms with Gasteiger partial charge in [-0.05, 0) is 30.3 Å². The van der Waals surface area contributed by atoms with Gasteiger partial charge < -0.3 is 20.0 Å². The number of likely N-dealkylation sites (N-methyl/N-ethyl adjacent to an activating group) is 1. The standard InChI is InChI=1S/C20H22Cl2N4S.C4H4O4/c1-24(20-23-18-4-2-3-5-19(18)27-20)8-9-25-10-12-26(13-11-25)15-6-7-16(21)17(22)14-15;5-3(6)1-2-4(7)8/h2-7,14H,8-13H2,1H3;1-2H,(H,5,6)(H,7,8)/b;2-1+. The minimum Gasteiger partial charge on any atom is -0.478 e. The summed E-state index contributed by atoms with van der Waals surface area (Å²) in [6, 6.07) is 14.2. The van der Waals surface area contributed by atoms with E-state index in [9.17, 15) is 9.59 Å². The number of hydrogen-bond donors (Lipinski definition) is 2. The second kappa shape index (κ2) is 12.7. The van der Waals surface area contributed by atoms with E-state index in [2.05, 4.69) is 39.9 Å². The topological polar surface area (TPSA) is 97.2 Å². The molecule has 8 nitrogen and oxygen atoms in total. The lowest BCUT2D eigenvalue weighted by molar-refractivity contribution is -0.134. The minimum atomic E-state index is -1.26. The fourth-order valence-electron chi connectivity index (χ4n) is 3.46. The summed E-state index contributed by atoms with van der Waals surface area (Å²) in [7, 11) is 2.13. The van der Waals surface area contributed by atoms with Gasteiger partial charge >= 0.3 is 11.9 Å². The van der Waals surface area contributed by atoms with Crippen LogP contribution in [0.15, 0.2) is 54.6 Å². The molecule has 0 unspecified atom stereocenters. The maximum atomic E-state index is 9.55. The SMILES string of the molecule is CN(CCN1CCN(c2ccc(Cl)c(Cl)c2)CC1)c1nc2ccccc2s1.O=C(O)/C=C/C(=O)O. The molecule has 2 heterocycles. The zero-order chi connectivity index (χ0) is 25.4. The number of piperazine rings is 1. The van der Waals surface area contributed by atoms with Gasteiger partial charge in [0.05, 0.1) is 20.3 Å². The van der Waals surface area contributed by atoms with Crippen LogP contribution in [0.25, 0.3) is 10.2 Å². The first-order valence-corrected chi connectivity index (χ1v) is 12.4. The summed E-state index contributed by atoms with van der Waals surface area (Å²) in [6.45, 7) is 6.13. The molecule has 0 atom stereocenters. The monoisotopic (exact) mass is 536 g/mol. The van der Waals surface area contributed by atoms with Gasteiger partial charge in [-0.3, -0.25) is 4.90 Å². The third kappa shape index (κ3) is 8.10. The third-order valence-corrected chi connectivity index (χ3v) is 7.26. The normalized spacial score (nSPS) is 14.1. The zero-order valence-corrected chi connectivity index (χ0v) is 21.4. The average Bonchev–Trinajstić information content (AvgIpc) is 3.28. The van der Waals surface area contributed by atoms with Crippen molar-refractivity contribution >= 4 is 67.5 Å². The van der Waals surface area contributed by atoms with Crippen LogP contribution >= 0.6 is 34.5 Å². The number of aromatic nitrogens is 1. The number of rotatable bonds is 7. The molecular weight excluding hydrogens is 511 g/mol. The molecule has 0 aliphatic carbocycles. The third-order valence-electron chi connectivity index (χ3n) is 5.37. The van der Waals surface area contributed by atoms with Gasteiger partial charge in [0.1, 0.15) is 0 Å². The molecule has 1 aliphatic heterocycles. The average molecular weight is 537 g/mol. The molecule has 35 heavy (non-hydrogen) atoms. The maximum Gasteiger partial charge on any atom is 0.328 e. The molecule has 2 N–H and O–H groups in total. The van der Waals surface area contributed by atoms with Gasteiger partial charge in [0.25, 0.3) is 0 Å². The van der Waals surface area contributed by atoms with E-state index in [1.807, 2.05) is 24.3 Å². The Balaban J connectivity index is 0.000000371. The molecular formula is C24H26Cl2N4O4S. The first-order chi connectivity index (χ1) is 16.7. The fraction of sp³-hybridized carbons (Fsp3) is 0.292. The maximum absolute atomic E-state index is 9.55. The van der Waals surface area contributed by atoms with Crippen LogP contribution in [0, 0.1) is 0 Å². The molecule has 3 aromatic rings. The van der Waals surface area contributed by atoms with Crippen LogP contribution in [0.1, 0.15) is 0 Å². The van der Waals surface area contributed by atoms with Crippen molar-refractivity contribution in [3.05, 3.63) is 64.7 Å². The lowest BCUT2D eigenvalue weighted by Gasteiger charge is -2.36. The highest BCUT2D eigenvalue weighted by Gasteiger charge is 2.18. The second-order valence-corrected chi connectivity index (χ2v) is 9.65. The first kappa shape index (κ1) is 26.7. The van der Waals surface area contributed by atoms with Crippen molar-refractivity contribution < 1.29 is 19.8 Å². The molecule has 186 valence electrons. The zero-order valence-electron chi connectivity index (χ0n) is 19.1. The van der Waals surface area contributed by atoms with Crippen LogP contribution in [0.5, 0.6) is 0 Å². The fourth-order valence-corrected chi connectivity index (χ4v) is 4.71. The van der Waals surface area contributed by atoms with Gasteiger partial charge in [-0.25, -0.2) is 14.6 Å². The van der Waals surface area contributed by atoms with Crippen molar-refractivity contribution in [2.24, 2.45) is 0 Å². The number of thiazole rings is 1. The number of fused-ring (bicyclic) bond motifs is 1. The van der Waals surface area contributed by atoms with Crippen molar-refractivity contribution in [1.29, 1.82) is 0 Å². The smallest absolute Gasteiger partial charge is 0.328 e. The highest BCUT2D eigenvalue weighted by molar-refractivity contribution is 7.22. The van der Waals surface area contributed by atoms with Gasteiger partial charge in [-0.1, -0.05) is 46.7 Å². The number of anilines is 2. The Labute approximate surface area is 217 Å². The molecule has 0 saturated carbocycles. The molecule has 0 amide bonds. The Hall–Kier alpha value is -2.85. The number of halogens is 2. The van der Waals surface area contributed by atoms with Crippen molar-refractivity contribution in [3.8, 4) is 0 Å². The van der Waals surface area contributed by atoms with Crippen LogP contribution in [0.2, 0.25) is 10.0 Å². The molecule has 1 fully saturated rings. The van der Waals surface area contributed by atoms with Crippen LogP contribution in [-0.4, -0.2) is 78.4 Å². The van der Waals surface area contributed by atoms with E-state index in [1.54, 1.807) is 11.3 Å². The lowest BCUT2D eigenvalue weighted by Crippen LogP contribution is -2.48. The molecule has 11 heteroatoms. The largest absolute Gasteiger partial charge is 0.478 e. The number of para-hydroxylation sites is 1. The summed E-state index contributed by atoms with van der Waals surface area (Å²) in [6.07, 6.45) is 1.12. The van der Waals surface area contributed by atoms with Crippen molar-refractivity contribution in [3.63, 3.8) is 0 Å². The Bertz CT molecular complexity index is 1150. The Morgan fingerprint density at radius 3 is 2.29 bits per heavy atom. The molecule has 2 aromatic carbocycles. The Morgan fingerprint density at radius 1 is 1.03 bits per heavy atom. The second-order valence-electron chi connectivity index (χ2n) is 7.82. The van der Waals surface area contributed by atoms with E-state index in [4.69, 9.17) is 38.4 Å². The van der Waals surface area contributed by atoms with E-state index in [-0.39, 0.29) is 0 Å². The highest BCUT2D eigenvalue weighted by Crippen LogP contribution is 2.29. The van der Waals surface area contributed by atoms with E-state index < -0.39 is 11.9 Å². The predicted octanol–water partition coefficient (Wildman–Crippen LogP) is 4.57. The molecule has 0 radical (unpaired) electrons. The molecule has 1 saturated heterocycles. The highest BCUT2D eigenvalue weighted by atomic mass is 35.5. The van der Waals surface area contributed by atoms with E-state index >= 15 is 0 Å². The summed E-state index contributed by atoms with van der Waals surface area (Å²) in [5.41, 5.74) is 2.23. The molecule has 0 bridgehead atoms. The number of aliphatic carboxylic acids is 2. The number of hydrogen-bond acceptors (Lipinski definition) is 7. The number of carboxylic acids is 2. The Kier molecular flexibility index (Phi) is 9.73. The Morgan fingerprint density at radius 2 is 1.69 bits per heavy atom. The number of nitrogens with zero attached hydrogens (tertiary/aromatic N) is 4. The first-order valence-electron chi connectivity index (χ1n) is 10.9. The van der Waals surface area contributed by atoms with E-state index in [0.717, 1.165) is 55.6 Å². The summed E-state index contributed by atoms with van der Waals surface area (Å²) >= 11 is 13.9. The van der Waals surface area contributed by atoms with Gasteiger partial charge in [-0.2, -0.15) is 0 Å². The summed E-state index contributed by atoms with van der Waals surface area (Å²) < 4.78 is 1.24. The van der Waals surface area contributed by atoms with Gasteiger partial charge in [0, 0.05) is 64.2 Å². The predicted molar refractivity (Wildman–Crippen MR) is 142 cm³/mol. The van der Waals surface area contributed by atoms with Crippen LogP contribution in [-0.2, 0) is 9.59 Å². The lowest BCUT2D eigenvalue weighted by atomic mass is 10.2. The van der Waals surface area contributed by atoms with Crippen LogP contribution in [0.3, 0.4) is 0 Å². The van der Waals surface area contributed by atoms with Gasteiger partial charge in [-0.15, -0.1) is 0 Å². The summed E-state index contributed by atoms with van der Waals surface area (Å²) in [5, 5.41) is 17.9. The number of carbonyl (C=O) groups is 2. The summed E-state index contributed by atoms with van der Waals surface area (Å²) in [5.74, 6) is -2.51. The van der Waals surface area contributed by atoms with Crippen LogP contribution in [0.4, 0.5) is 10.8 Å². The molecule has 0 spiro atoms. The van der Waals surface area contributed by atoms with Gasteiger partial charge in [0.2, 0.25) is 0 Å². The van der Waals surface area contributed by atoms with Gasteiger partial charge in [0.15, 0.2) is 5.13 Å². The number of benzene rings is 2. The number of carboxylic acid groups (broad SMARTS) is 2. The van der Waals surface area contributed by atoms with E-state index in [0.29, 0.717) is 22.2 Å². The van der Waals surface area contributed by atoms with Crippen molar-refractivity contribution in [2.75, 3.05) is 56.1 Å². The van der Waals surface area contributed by atoms with Crippen molar-refractivity contribution in [1.82, 2.24) is 9.88 Å². The minimum absolute atomic E-state index is 0.558. The molecule has 1 aromatic heterocycles. The van der Waals surface area contributed by atoms with E-state index in [1.165, 1.54) is 4.70 Å². The molecule has 1 aliphatic rings. The quantitative estimate of drug-likeness (QED) is 0.423. The summed E-state index contributed by atoms with van der Waals surface area (Å²) in [4.78, 5) is 31.0. The van der Waals surface area contributed by atoms with Crippen molar-refractivity contribution in [2.45, 2.75) is 0 Å². The van der Waals surface area contributed by atoms with Crippen LogP contribution < -0.4 is 9.80 Å².